The lowest BCUT2D eigenvalue weighted by atomic mass is 10.0. The van der Waals surface area contributed by atoms with Gasteiger partial charge in [0.1, 0.15) is 0 Å². The molecule has 0 saturated carbocycles. The molecule has 0 radical (unpaired) electrons. The van der Waals surface area contributed by atoms with E-state index in [1.807, 2.05) is 6.07 Å². The van der Waals surface area contributed by atoms with Crippen LogP contribution in [0.4, 0.5) is 0 Å². The van der Waals surface area contributed by atoms with Crippen molar-refractivity contribution in [3.05, 3.63) is 45.5 Å². The Labute approximate surface area is 146 Å². The molecule has 25 heavy (non-hydrogen) atoms. The molecule has 8 nitrogen and oxygen atoms in total. The molecule has 0 bridgehead atoms. The van der Waals surface area contributed by atoms with E-state index in [1.165, 1.54) is 31.2 Å². The van der Waals surface area contributed by atoms with Crippen molar-refractivity contribution in [1.29, 1.82) is 5.26 Å². The molecule has 0 amide bonds. The Kier molecular flexibility index (Phi) is 7.43. The second-order valence-electron chi connectivity index (χ2n) is 5.42. The summed E-state index contributed by atoms with van der Waals surface area (Å²) in [7, 11) is -4.05. The molecule has 0 N–H and O–H groups in total. The van der Waals surface area contributed by atoms with Gasteiger partial charge in [-0.2, -0.15) is 5.26 Å². The minimum Gasteiger partial charge on any atom is -0.304 e. The fourth-order valence-electron chi connectivity index (χ4n) is 2.21. The number of nitriles is 1. The number of rotatable bonds is 10. The average molecular weight is 368 g/mol. The normalized spacial score (nSPS) is 13.7. The van der Waals surface area contributed by atoms with E-state index in [-0.39, 0.29) is 31.8 Å². The number of hydrogen-bond donors (Lipinski definition) is 0. The molecule has 1 aromatic carbocycles. The number of carbonyl (C=O) groups excluding carboxylic acids is 1. The summed E-state index contributed by atoms with van der Waals surface area (Å²) in [6, 6.07) is 7.89. The summed E-state index contributed by atoms with van der Waals surface area (Å²) >= 11 is 0. The van der Waals surface area contributed by atoms with E-state index in [9.17, 15) is 19.5 Å². The molecule has 0 aliphatic carbocycles. The van der Waals surface area contributed by atoms with Crippen LogP contribution >= 0.6 is 7.60 Å². The summed E-state index contributed by atoms with van der Waals surface area (Å²) in [6.45, 7) is 4.28. The van der Waals surface area contributed by atoms with Gasteiger partial charge in [-0.25, -0.2) is 0 Å². The topological polar surface area (TPSA) is 120 Å². The quantitative estimate of drug-likeness (QED) is 0.267. The SMILES string of the molecule is CCOP(=O)(OCC)C(C)(CCC(=O)c1ccc(C#N)cc1)[N+](=O)[O-]. The second-order valence-corrected chi connectivity index (χ2v) is 7.89. The van der Waals surface area contributed by atoms with Crippen LogP contribution < -0.4 is 0 Å². The van der Waals surface area contributed by atoms with E-state index >= 15 is 0 Å². The minimum atomic E-state index is -4.05. The third-order valence-corrected chi connectivity index (χ3v) is 6.51. The number of nitrogens with zero attached hydrogens (tertiary/aromatic N) is 2. The Balaban J connectivity index is 3.00. The first kappa shape index (κ1) is 21.0. The fraction of sp³-hybridized carbons (Fsp3) is 0.500. The maximum absolute atomic E-state index is 12.9. The molecule has 0 saturated heterocycles. The minimum absolute atomic E-state index is 0.00965. The van der Waals surface area contributed by atoms with Gasteiger partial charge in [0.2, 0.25) is 0 Å². The van der Waals surface area contributed by atoms with E-state index in [1.54, 1.807) is 13.8 Å². The van der Waals surface area contributed by atoms with Crippen LogP contribution in [0, 0.1) is 21.4 Å². The van der Waals surface area contributed by atoms with Crippen LogP contribution in [0.5, 0.6) is 0 Å². The number of carbonyl (C=O) groups is 1. The van der Waals surface area contributed by atoms with Gasteiger partial charge in [0.25, 0.3) is 0 Å². The number of ketones is 1. The lowest BCUT2D eigenvalue weighted by Gasteiger charge is -2.28. The number of nitro groups is 1. The van der Waals surface area contributed by atoms with Gasteiger partial charge in [-0.3, -0.25) is 19.5 Å². The first-order valence-electron chi connectivity index (χ1n) is 7.81. The number of benzene rings is 1. The van der Waals surface area contributed by atoms with Crippen molar-refractivity contribution >= 4 is 13.4 Å². The molecule has 9 heteroatoms. The molecule has 1 unspecified atom stereocenters. The highest BCUT2D eigenvalue weighted by atomic mass is 31.2. The van der Waals surface area contributed by atoms with Gasteiger partial charge in [-0.15, -0.1) is 0 Å². The van der Waals surface area contributed by atoms with Crippen LogP contribution in [0.25, 0.3) is 0 Å². The van der Waals surface area contributed by atoms with Crippen molar-refractivity contribution in [3.8, 4) is 6.07 Å². The Hall–Kier alpha value is -2.07. The Bertz CT molecular complexity index is 702. The Morgan fingerprint density at radius 1 is 1.28 bits per heavy atom. The van der Waals surface area contributed by atoms with Gasteiger partial charge in [0.05, 0.1) is 24.8 Å². The van der Waals surface area contributed by atoms with Crippen LogP contribution in [-0.2, 0) is 13.6 Å². The van der Waals surface area contributed by atoms with Crippen molar-refractivity contribution in [1.82, 2.24) is 0 Å². The smallest absolute Gasteiger partial charge is 0.304 e. The van der Waals surface area contributed by atoms with Crippen LogP contribution in [0.15, 0.2) is 24.3 Å². The Morgan fingerprint density at radius 3 is 2.20 bits per heavy atom. The molecular weight excluding hydrogens is 347 g/mol. The molecule has 1 aromatic rings. The monoisotopic (exact) mass is 368 g/mol. The zero-order valence-corrected chi connectivity index (χ0v) is 15.3. The second kappa shape index (κ2) is 8.86. The highest BCUT2D eigenvalue weighted by Crippen LogP contribution is 2.61. The van der Waals surface area contributed by atoms with Crippen LogP contribution in [-0.4, -0.2) is 29.2 Å². The predicted molar refractivity (Wildman–Crippen MR) is 91.0 cm³/mol. The zero-order valence-electron chi connectivity index (χ0n) is 14.4. The lowest BCUT2D eigenvalue weighted by Crippen LogP contribution is -2.37. The molecule has 136 valence electrons. The van der Waals surface area contributed by atoms with Crippen LogP contribution in [0.1, 0.15) is 49.5 Å². The number of Topliss-reactive ketones (excluding diaryl/α,β-unsaturated/α-hetero) is 1. The van der Waals surface area contributed by atoms with E-state index in [0.29, 0.717) is 11.1 Å². The summed E-state index contributed by atoms with van der Waals surface area (Å²) in [4.78, 5) is 23.2. The average Bonchev–Trinajstić information content (AvgIpc) is 2.59. The van der Waals surface area contributed by atoms with Crippen molar-refractivity contribution in [2.45, 2.75) is 38.9 Å². The molecule has 1 rings (SSSR count). The molecular formula is C16H21N2O6P. The van der Waals surface area contributed by atoms with Gasteiger partial charge >= 0.3 is 12.9 Å². The highest BCUT2D eigenvalue weighted by molar-refractivity contribution is 7.55. The molecule has 0 aliphatic heterocycles. The summed E-state index contributed by atoms with van der Waals surface area (Å²) in [5.74, 6) is -0.350. The first-order chi connectivity index (χ1) is 11.7. The van der Waals surface area contributed by atoms with Crippen molar-refractivity contribution in [2.24, 2.45) is 0 Å². The fourth-order valence-corrected chi connectivity index (χ4v) is 4.11. The summed E-state index contributed by atoms with van der Waals surface area (Å²) < 4.78 is 23.1. The zero-order chi connectivity index (χ0) is 19.1. The van der Waals surface area contributed by atoms with Gasteiger partial charge < -0.3 is 9.05 Å². The predicted octanol–water partition coefficient (Wildman–Crippen LogP) is 3.78. The summed E-state index contributed by atoms with van der Waals surface area (Å²) in [6.07, 6.45) is -0.496. The largest absolute Gasteiger partial charge is 0.406 e. The third-order valence-electron chi connectivity index (χ3n) is 3.74. The third kappa shape index (κ3) is 4.73. The molecule has 0 spiro atoms. The maximum atomic E-state index is 12.9. The van der Waals surface area contributed by atoms with E-state index in [0.717, 1.165) is 0 Å². The Morgan fingerprint density at radius 2 is 1.80 bits per heavy atom. The van der Waals surface area contributed by atoms with Crippen LogP contribution in [0.3, 0.4) is 0 Å². The molecule has 0 fully saturated rings. The molecule has 0 aliphatic rings. The van der Waals surface area contributed by atoms with Gasteiger partial charge in [0, 0.05) is 30.3 Å². The van der Waals surface area contributed by atoms with Crippen molar-refractivity contribution < 1.29 is 23.3 Å². The first-order valence-corrected chi connectivity index (χ1v) is 9.35. The van der Waals surface area contributed by atoms with Gasteiger partial charge in [-0.05, 0) is 26.0 Å². The van der Waals surface area contributed by atoms with E-state index < -0.39 is 17.8 Å². The molecule has 1 atom stereocenters. The lowest BCUT2D eigenvalue weighted by molar-refractivity contribution is -0.541. The summed E-state index contributed by atoms with van der Waals surface area (Å²) in [5.41, 5.74) is 0.733. The van der Waals surface area contributed by atoms with E-state index in [4.69, 9.17) is 14.3 Å². The van der Waals surface area contributed by atoms with Crippen molar-refractivity contribution in [2.75, 3.05) is 13.2 Å². The van der Waals surface area contributed by atoms with Gasteiger partial charge in [0.15, 0.2) is 5.78 Å². The number of hydrogen-bond acceptors (Lipinski definition) is 7. The molecule has 0 heterocycles. The van der Waals surface area contributed by atoms with Crippen molar-refractivity contribution in [3.63, 3.8) is 0 Å². The molecule has 0 aromatic heterocycles. The summed E-state index contributed by atoms with van der Waals surface area (Å²) in [5, 5.41) is 18.3. The highest BCUT2D eigenvalue weighted by Gasteiger charge is 2.58. The maximum Gasteiger partial charge on any atom is 0.406 e. The van der Waals surface area contributed by atoms with Crippen LogP contribution in [0.2, 0.25) is 0 Å². The standard InChI is InChI=1S/C16H21N2O6P/c1-4-23-25(22,24-5-2)16(3,18(20)21)11-10-15(19)14-8-6-13(12-17)7-9-14/h6-9H,4-5,10-11H2,1-3H3. The van der Waals surface area contributed by atoms with E-state index in [2.05, 4.69) is 0 Å². The van der Waals surface area contributed by atoms with Gasteiger partial charge in [-0.1, -0.05) is 12.1 Å².